The van der Waals surface area contributed by atoms with Crippen molar-refractivity contribution >= 4 is 17.6 Å². The fourth-order valence-electron chi connectivity index (χ4n) is 3.35. The van der Waals surface area contributed by atoms with Gasteiger partial charge in [0.25, 0.3) is 5.91 Å². The summed E-state index contributed by atoms with van der Waals surface area (Å²) >= 11 is 0. The molecule has 0 saturated carbocycles. The molecule has 0 aliphatic carbocycles. The van der Waals surface area contributed by atoms with E-state index < -0.39 is 11.9 Å². The zero-order valence-corrected chi connectivity index (χ0v) is 17.0. The minimum absolute atomic E-state index is 0.0725. The summed E-state index contributed by atoms with van der Waals surface area (Å²) in [6.07, 6.45) is 0.242. The maximum atomic E-state index is 12.6. The van der Waals surface area contributed by atoms with E-state index in [0.29, 0.717) is 16.7 Å². The highest BCUT2D eigenvalue weighted by Gasteiger charge is 2.20. The largest absolute Gasteiger partial charge is 0.368 e. The van der Waals surface area contributed by atoms with Crippen LogP contribution in [-0.4, -0.2) is 23.6 Å². The van der Waals surface area contributed by atoms with E-state index in [4.69, 9.17) is 5.73 Å². The summed E-state index contributed by atoms with van der Waals surface area (Å²) in [5.41, 5.74) is 9.90. The summed E-state index contributed by atoms with van der Waals surface area (Å²) in [5, 5.41) is 2.72. The van der Waals surface area contributed by atoms with Crippen molar-refractivity contribution in [3.8, 4) is 0 Å². The normalized spacial score (nSPS) is 11.5. The van der Waals surface area contributed by atoms with Gasteiger partial charge in [0, 0.05) is 23.1 Å². The maximum Gasteiger partial charge on any atom is 0.251 e. The molecule has 0 aliphatic heterocycles. The number of aryl methyl sites for hydroxylation is 2. The molecule has 3 rings (SSSR count). The second-order valence-electron chi connectivity index (χ2n) is 7.40. The maximum absolute atomic E-state index is 12.6. The number of amides is 2. The minimum Gasteiger partial charge on any atom is -0.368 e. The molecule has 0 bridgehead atoms. The SMILES string of the molecule is Cc1cc(C)cc(C(=O)N[C@H](Cc2ccc(C(=O)c3ccccc3)cc2)C(N)=O)c1. The summed E-state index contributed by atoms with van der Waals surface area (Å²) in [6, 6.07) is 20.7. The molecule has 1 atom stereocenters. The Bertz CT molecular complexity index is 1050. The summed E-state index contributed by atoms with van der Waals surface area (Å²) in [4.78, 5) is 37.0. The first-order valence-electron chi connectivity index (χ1n) is 9.70. The van der Waals surface area contributed by atoms with Crippen LogP contribution in [0.15, 0.2) is 72.8 Å². The van der Waals surface area contributed by atoms with Crippen LogP contribution in [0, 0.1) is 13.8 Å². The first-order chi connectivity index (χ1) is 14.3. The van der Waals surface area contributed by atoms with Crippen LogP contribution in [0.25, 0.3) is 0 Å². The van der Waals surface area contributed by atoms with Crippen LogP contribution >= 0.6 is 0 Å². The number of rotatable bonds is 7. The van der Waals surface area contributed by atoms with Crippen LogP contribution in [0.1, 0.15) is 43.0 Å². The molecule has 5 heteroatoms. The number of carbonyl (C=O) groups excluding carboxylic acids is 3. The lowest BCUT2D eigenvalue weighted by Gasteiger charge is -2.16. The van der Waals surface area contributed by atoms with E-state index in [2.05, 4.69) is 5.32 Å². The lowest BCUT2D eigenvalue weighted by molar-refractivity contribution is -0.119. The van der Waals surface area contributed by atoms with Gasteiger partial charge in [0.2, 0.25) is 5.91 Å². The molecule has 2 amide bonds. The number of hydrogen-bond acceptors (Lipinski definition) is 3. The second kappa shape index (κ2) is 9.18. The Kier molecular flexibility index (Phi) is 6.42. The lowest BCUT2D eigenvalue weighted by atomic mass is 9.99. The highest BCUT2D eigenvalue weighted by Crippen LogP contribution is 2.13. The van der Waals surface area contributed by atoms with Gasteiger partial charge in [-0.05, 0) is 31.5 Å². The fraction of sp³-hybridized carbons (Fsp3) is 0.160. The molecule has 0 radical (unpaired) electrons. The molecular weight excluding hydrogens is 376 g/mol. The van der Waals surface area contributed by atoms with E-state index in [1.807, 2.05) is 38.1 Å². The number of carbonyl (C=O) groups is 3. The highest BCUT2D eigenvalue weighted by atomic mass is 16.2. The van der Waals surface area contributed by atoms with Crippen LogP contribution in [0.5, 0.6) is 0 Å². The highest BCUT2D eigenvalue weighted by molar-refractivity contribution is 6.09. The molecule has 3 aromatic rings. The predicted molar refractivity (Wildman–Crippen MR) is 116 cm³/mol. The predicted octanol–water partition coefficient (Wildman–Crippen LogP) is 3.36. The van der Waals surface area contributed by atoms with Gasteiger partial charge in [-0.3, -0.25) is 14.4 Å². The van der Waals surface area contributed by atoms with E-state index in [1.165, 1.54) is 0 Å². The Hall–Kier alpha value is -3.73. The number of primary amides is 1. The summed E-state index contributed by atoms with van der Waals surface area (Å²) in [5.74, 6) is -1.03. The van der Waals surface area contributed by atoms with Crippen molar-refractivity contribution in [3.05, 3.63) is 106 Å². The molecule has 0 aromatic heterocycles. The molecule has 30 heavy (non-hydrogen) atoms. The molecule has 3 aromatic carbocycles. The van der Waals surface area contributed by atoms with Gasteiger partial charge in [-0.2, -0.15) is 0 Å². The van der Waals surface area contributed by atoms with Gasteiger partial charge in [0.15, 0.2) is 5.78 Å². The number of nitrogens with two attached hydrogens (primary N) is 1. The Labute approximate surface area is 175 Å². The van der Waals surface area contributed by atoms with Crippen molar-refractivity contribution in [2.45, 2.75) is 26.3 Å². The smallest absolute Gasteiger partial charge is 0.251 e. The molecule has 152 valence electrons. The Balaban J connectivity index is 1.71. The summed E-state index contributed by atoms with van der Waals surface area (Å²) in [6.45, 7) is 3.82. The average Bonchev–Trinajstić information content (AvgIpc) is 2.73. The van der Waals surface area contributed by atoms with Crippen molar-refractivity contribution in [2.75, 3.05) is 0 Å². The van der Waals surface area contributed by atoms with Gasteiger partial charge in [0.05, 0.1) is 0 Å². The van der Waals surface area contributed by atoms with E-state index in [1.54, 1.807) is 48.5 Å². The van der Waals surface area contributed by atoms with Crippen molar-refractivity contribution in [2.24, 2.45) is 5.73 Å². The number of nitrogens with one attached hydrogen (secondary N) is 1. The van der Waals surface area contributed by atoms with Gasteiger partial charge in [0.1, 0.15) is 6.04 Å². The van der Waals surface area contributed by atoms with E-state index in [9.17, 15) is 14.4 Å². The van der Waals surface area contributed by atoms with Gasteiger partial charge >= 0.3 is 0 Å². The van der Waals surface area contributed by atoms with Crippen LogP contribution < -0.4 is 11.1 Å². The van der Waals surface area contributed by atoms with Crippen molar-refractivity contribution in [1.29, 1.82) is 0 Å². The molecule has 0 fully saturated rings. The zero-order chi connectivity index (χ0) is 21.7. The molecule has 0 spiro atoms. The van der Waals surface area contributed by atoms with Crippen LogP contribution in [0.2, 0.25) is 0 Å². The van der Waals surface area contributed by atoms with E-state index in [0.717, 1.165) is 16.7 Å². The third-order valence-electron chi connectivity index (χ3n) is 4.82. The number of ketones is 1. The quantitative estimate of drug-likeness (QED) is 0.596. The minimum atomic E-state index is -0.853. The summed E-state index contributed by atoms with van der Waals surface area (Å²) in [7, 11) is 0. The number of benzene rings is 3. The van der Waals surface area contributed by atoms with Crippen LogP contribution in [0.3, 0.4) is 0 Å². The van der Waals surface area contributed by atoms with Gasteiger partial charge < -0.3 is 11.1 Å². The molecule has 3 N–H and O–H groups in total. The number of hydrogen-bond donors (Lipinski definition) is 2. The first kappa shape index (κ1) is 21.0. The lowest BCUT2D eigenvalue weighted by Crippen LogP contribution is -2.45. The average molecular weight is 400 g/mol. The molecule has 5 nitrogen and oxygen atoms in total. The van der Waals surface area contributed by atoms with Gasteiger partial charge in [-0.25, -0.2) is 0 Å². The Morgan fingerprint density at radius 2 is 1.37 bits per heavy atom. The van der Waals surface area contributed by atoms with Crippen molar-refractivity contribution in [1.82, 2.24) is 5.32 Å². The third-order valence-corrected chi connectivity index (χ3v) is 4.82. The summed E-state index contributed by atoms with van der Waals surface area (Å²) < 4.78 is 0. The molecule has 0 aliphatic rings. The molecule has 0 saturated heterocycles. The molecule has 0 unspecified atom stereocenters. The Morgan fingerprint density at radius 1 is 0.800 bits per heavy atom. The first-order valence-corrected chi connectivity index (χ1v) is 9.70. The van der Waals surface area contributed by atoms with Crippen LogP contribution in [0.4, 0.5) is 0 Å². The topological polar surface area (TPSA) is 89.3 Å². The fourth-order valence-corrected chi connectivity index (χ4v) is 3.35. The van der Waals surface area contributed by atoms with E-state index in [-0.39, 0.29) is 18.1 Å². The molecular formula is C25H24N2O3. The molecule has 0 heterocycles. The van der Waals surface area contributed by atoms with E-state index >= 15 is 0 Å². The van der Waals surface area contributed by atoms with Crippen molar-refractivity contribution in [3.63, 3.8) is 0 Å². The van der Waals surface area contributed by atoms with Crippen LogP contribution in [-0.2, 0) is 11.2 Å². The zero-order valence-electron chi connectivity index (χ0n) is 17.0. The third kappa shape index (κ3) is 5.20. The van der Waals surface area contributed by atoms with Gasteiger partial charge in [-0.1, -0.05) is 71.8 Å². The van der Waals surface area contributed by atoms with Gasteiger partial charge in [-0.15, -0.1) is 0 Å². The monoisotopic (exact) mass is 400 g/mol. The van der Waals surface area contributed by atoms with Crippen molar-refractivity contribution < 1.29 is 14.4 Å². The Morgan fingerprint density at radius 3 is 1.93 bits per heavy atom. The second-order valence-corrected chi connectivity index (χ2v) is 7.40. The standard InChI is InChI=1S/C25H24N2O3/c1-16-12-17(2)14-21(13-16)25(30)27-22(24(26)29)15-18-8-10-20(11-9-18)23(28)19-6-4-3-5-7-19/h3-14,22H,15H2,1-2H3,(H2,26,29)(H,27,30)/t22-/m1/s1.